The number of nitrogens with zero attached hydrogens (tertiary/aromatic N) is 1. The largest absolute Gasteiger partial charge is 0.316 e. The van der Waals surface area contributed by atoms with E-state index >= 15 is 0 Å². The Morgan fingerprint density at radius 2 is 2.29 bits per heavy atom. The van der Waals surface area contributed by atoms with E-state index in [-0.39, 0.29) is 5.91 Å². The van der Waals surface area contributed by atoms with Gasteiger partial charge < -0.3 is 10.2 Å². The van der Waals surface area contributed by atoms with E-state index in [2.05, 4.69) is 17.4 Å². The van der Waals surface area contributed by atoms with E-state index in [4.69, 9.17) is 0 Å². The molecule has 1 aromatic rings. The predicted octanol–water partition coefficient (Wildman–Crippen LogP) is 0.925. The van der Waals surface area contributed by atoms with E-state index in [9.17, 15) is 4.79 Å². The van der Waals surface area contributed by atoms with Gasteiger partial charge in [-0.1, -0.05) is 12.1 Å². The van der Waals surface area contributed by atoms with Gasteiger partial charge in [0.25, 0.3) is 0 Å². The lowest BCUT2D eigenvalue weighted by atomic mass is 10.1. The average Bonchev–Trinajstić information content (AvgIpc) is 2.45. The second kappa shape index (κ2) is 3.42. The van der Waals surface area contributed by atoms with Crippen LogP contribution in [0.4, 0.5) is 5.69 Å². The number of likely N-dealkylation sites (N-methyl/N-ethyl adjacent to an activating group) is 1. The highest BCUT2D eigenvalue weighted by molar-refractivity contribution is 6.00. The smallest absolute Gasteiger partial charge is 0.231 e. The lowest BCUT2D eigenvalue weighted by Crippen LogP contribution is -2.20. The van der Waals surface area contributed by atoms with Crippen LogP contribution >= 0.6 is 0 Å². The molecule has 14 heavy (non-hydrogen) atoms. The minimum absolute atomic E-state index is 0.182. The first kappa shape index (κ1) is 9.21. The van der Waals surface area contributed by atoms with Crippen LogP contribution in [-0.2, 0) is 17.8 Å². The first-order valence-electron chi connectivity index (χ1n) is 4.75. The van der Waals surface area contributed by atoms with Crippen molar-refractivity contribution < 1.29 is 4.79 Å². The van der Waals surface area contributed by atoms with Gasteiger partial charge in [-0.05, 0) is 24.2 Å². The van der Waals surface area contributed by atoms with Gasteiger partial charge in [0.15, 0.2) is 0 Å². The van der Waals surface area contributed by atoms with Gasteiger partial charge in [-0.25, -0.2) is 0 Å². The SMILES string of the molecule is CNCc1ccc2c(c1)N(C)C(=O)C2. The summed E-state index contributed by atoms with van der Waals surface area (Å²) in [4.78, 5) is 13.1. The number of fused-ring (bicyclic) bond motifs is 1. The molecule has 0 unspecified atom stereocenters. The van der Waals surface area contributed by atoms with E-state index < -0.39 is 0 Å². The molecule has 1 amide bonds. The molecule has 0 fully saturated rings. The van der Waals surface area contributed by atoms with Crippen molar-refractivity contribution in [2.24, 2.45) is 0 Å². The fraction of sp³-hybridized carbons (Fsp3) is 0.364. The van der Waals surface area contributed by atoms with E-state index in [1.807, 2.05) is 20.2 Å². The highest BCUT2D eigenvalue weighted by atomic mass is 16.2. The lowest BCUT2D eigenvalue weighted by Gasteiger charge is -2.11. The summed E-state index contributed by atoms with van der Waals surface area (Å²) in [5.41, 5.74) is 3.41. The third-order valence-electron chi connectivity index (χ3n) is 2.61. The zero-order chi connectivity index (χ0) is 10.1. The molecule has 1 heterocycles. The van der Waals surface area contributed by atoms with Crippen molar-refractivity contribution in [1.29, 1.82) is 0 Å². The van der Waals surface area contributed by atoms with Crippen LogP contribution < -0.4 is 10.2 Å². The molecule has 0 radical (unpaired) electrons. The average molecular weight is 190 g/mol. The number of hydrogen-bond acceptors (Lipinski definition) is 2. The van der Waals surface area contributed by atoms with Crippen molar-refractivity contribution in [1.82, 2.24) is 5.32 Å². The molecule has 0 spiro atoms. The third-order valence-corrected chi connectivity index (χ3v) is 2.61. The van der Waals surface area contributed by atoms with Gasteiger partial charge >= 0.3 is 0 Å². The van der Waals surface area contributed by atoms with E-state index in [1.54, 1.807) is 4.90 Å². The molecule has 1 N–H and O–H groups in total. The molecule has 1 aliphatic heterocycles. The standard InChI is InChI=1S/C11H14N2O/c1-12-7-8-3-4-9-6-11(14)13(2)10(9)5-8/h3-5,12H,6-7H2,1-2H3. The molecule has 0 aliphatic carbocycles. The first-order chi connectivity index (χ1) is 6.72. The van der Waals surface area contributed by atoms with Gasteiger partial charge in [0.05, 0.1) is 6.42 Å². The number of carbonyl (C=O) groups excluding carboxylic acids is 1. The molecule has 0 atom stereocenters. The Bertz CT molecular complexity index is 374. The van der Waals surface area contributed by atoms with Crippen LogP contribution in [0.25, 0.3) is 0 Å². The summed E-state index contributed by atoms with van der Waals surface area (Å²) in [6.45, 7) is 0.843. The van der Waals surface area contributed by atoms with E-state index in [0.717, 1.165) is 17.8 Å². The molecule has 0 saturated carbocycles. The Morgan fingerprint density at radius 3 is 3.00 bits per heavy atom. The molecule has 0 aromatic heterocycles. The fourth-order valence-corrected chi connectivity index (χ4v) is 1.80. The second-order valence-corrected chi connectivity index (χ2v) is 3.62. The highest BCUT2D eigenvalue weighted by Gasteiger charge is 2.23. The summed E-state index contributed by atoms with van der Waals surface area (Å²) in [6, 6.07) is 6.20. The summed E-state index contributed by atoms with van der Waals surface area (Å²) < 4.78 is 0. The molecular weight excluding hydrogens is 176 g/mol. The number of anilines is 1. The summed E-state index contributed by atoms with van der Waals surface area (Å²) in [7, 11) is 3.75. The molecule has 74 valence electrons. The van der Waals surface area contributed by atoms with Crippen molar-refractivity contribution >= 4 is 11.6 Å². The minimum atomic E-state index is 0.182. The van der Waals surface area contributed by atoms with Crippen LogP contribution in [0.5, 0.6) is 0 Å². The van der Waals surface area contributed by atoms with E-state index in [0.29, 0.717) is 6.42 Å². The van der Waals surface area contributed by atoms with Gasteiger partial charge in [-0.15, -0.1) is 0 Å². The maximum absolute atomic E-state index is 11.4. The maximum Gasteiger partial charge on any atom is 0.231 e. The summed E-state index contributed by atoms with van der Waals surface area (Å²) in [5.74, 6) is 0.182. The number of carbonyl (C=O) groups is 1. The highest BCUT2D eigenvalue weighted by Crippen LogP contribution is 2.28. The molecule has 1 aliphatic rings. The fourth-order valence-electron chi connectivity index (χ4n) is 1.80. The number of amides is 1. The molecule has 2 rings (SSSR count). The predicted molar refractivity (Wildman–Crippen MR) is 56.3 cm³/mol. The molecular formula is C11H14N2O. The van der Waals surface area contributed by atoms with Gasteiger partial charge in [0.2, 0.25) is 5.91 Å². The number of nitrogens with one attached hydrogen (secondary N) is 1. The van der Waals surface area contributed by atoms with Crippen molar-refractivity contribution in [3.8, 4) is 0 Å². The Balaban J connectivity index is 2.36. The molecule has 0 bridgehead atoms. The van der Waals surface area contributed by atoms with Crippen molar-refractivity contribution in [2.45, 2.75) is 13.0 Å². The Labute approximate surface area is 83.7 Å². The summed E-state index contributed by atoms with van der Waals surface area (Å²) in [5, 5.41) is 3.10. The van der Waals surface area contributed by atoms with Crippen molar-refractivity contribution in [3.63, 3.8) is 0 Å². The maximum atomic E-state index is 11.4. The number of rotatable bonds is 2. The minimum Gasteiger partial charge on any atom is -0.316 e. The van der Waals surface area contributed by atoms with Gasteiger partial charge in [-0.3, -0.25) is 4.79 Å². The topological polar surface area (TPSA) is 32.3 Å². The van der Waals surface area contributed by atoms with Gasteiger partial charge in [0, 0.05) is 19.3 Å². The Hall–Kier alpha value is -1.35. The summed E-state index contributed by atoms with van der Waals surface area (Å²) in [6.07, 6.45) is 0.547. The Morgan fingerprint density at radius 1 is 1.50 bits per heavy atom. The van der Waals surface area contributed by atoms with E-state index in [1.165, 1.54) is 5.56 Å². The molecule has 3 heteroatoms. The quantitative estimate of drug-likeness (QED) is 0.752. The summed E-state index contributed by atoms with van der Waals surface area (Å²) >= 11 is 0. The van der Waals surface area contributed by atoms with Crippen LogP contribution in [0.3, 0.4) is 0 Å². The second-order valence-electron chi connectivity index (χ2n) is 3.62. The van der Waals surface area contributed by atoms with Crippen LogP contribution in [0.15, 0.2) is 18.2 Å². The number of hydrogen-bond donors (Lipinski definition) is 1. The van der Waals surface area contributed by atoms with Crippen LogP contribution in [0.2, 0.25) is 0 Å². The van der Waals surface area contributed by atoms with Gasteiger partial charge in [-0.2, -0.15) is 0 Å². The third kappa shape index (κ3) is 1.40. The Kier molecular flexibility index (Phi) is 2.25. The zero-order valence-corrected chi connectivity index (χ0v) is 8.50. The molecule has 3 nitrogen and oxygen atoms in total. The normalized spacial score (nSPS) is 14.7. The zero-order valence-electron chi connectivity index (χ0n) is 8.50. The van der Waals surface area contributed by atoms with Crippen molar-refractivity contribution in [2.75, 3.05) is 19.0 Å². The molecule has 1 aromatic carbocycles. The first-order valence-corrected chi connectivity index (χ1v) is 4.75. The van der Waals surface area contributed by atoms with Crippen molar-refractivity contribution in [3.05, 3.63) is 29.3 Å². The monoisotopic (exact) mass is 190 g/mol. The van der Waals surface area contributed by atoms with Crippen LogP contribution in [0.1, 0.15) is 11.1 Å². The molecule has 0 saturated heterocycles. The van der Waals surface area contributed by atoms with Crippen LogP contribution in [-0.4, -0.2) is 20.0 Å². The van der Waals surface area contributed by atoms with Crippen LogP contribution in [0, 0.1) is 0 Å². The lowest BCUT2D eigenvalue weighted by molar-refractivity contribution is -0.117. The van der Waals surface area contributed by atoms with Gasteiger partial charge in [0.1, 0.15) is 0 Å². The number of benzene rings is 1.